The van der Waals surface area contributed by atoms with Gasteiger partial charge in [0.25, 0.3) is 0 Å². The van der Waals surface area contributed by atoms with Crippen LogP contribution < -0.4 is 10.1 Å². The molecule has 0 saturated carbocycles. The molecule has 2 aromatic carbocycles. The number of nitrogens with one attached hydrogen (secondary N) is 1. The van der Waals surface area contributed by atoms with Crippen LogP contribution in [0.5, 0.6) is 5.75 Å². The molecular weight excluding hydrogens is 449 g/mol. The summed E-state index contributed by atoms with van der Waals surface area (Å²) in [5.41, 5.74) is 1.52. The van der Waals surface area contributed by atoms with Crippen molar-refractivity contribution in [3.8, 4) is 5.75 Å². The fourth-order valence-corrected chi connectivity index (χ4v) is 3.88. The fourth-order valence-electron chi connectivity index (χ4n) is 3.16. The van der Waals surface area contributed by atoms with Gasteiger partial charge in [0, 0.05) is 37.2 Å². The van der Waals surface area contributed by atoms with Crippen LogP contribution in [-0.2, 0) is 11.3 Å². The van der Waals surface area contributed by atoms with E-state index in [1.165, 1.54) is 13.2 Å². The quantitative estimate of drug-likeness (QED) is 0.693. The summed E-state index contributed by atoms with van der Waals surface area (Å²) in [5.74, 6) is -0.178. The molecule has 0 spiro atoms. The van der Waals surface area contributed by atoms with E-state index in [-0.39, 0.29) is 17.5 Å². The summed E-state index contributed by atoms with van der Waals surface area (Å²) in [4.78, 5) is 16.7. The van der Waals surface area contributed by atoms with Crippen molar-refractivity contribution in [2.24, 2.45) is 0 Å². The van der Waals surface area contributed by atoms with Crippen molar-refractivity contribution in [3.05, 3.63) is 57.3 Å². The summed E-state index contributed by atoms with van der Waals surface area (Å²) >= 11 is 9.49. The lowest BCUT2D eigenvalue weighted by Gasteiger charge is -2.34. The van der Waals surface area contributed by atoms with E-state index in [0.717, 1.165) is 36.2 Å². The number of hydrogen-bond donors (Lipinski definition) is 1. The molecular formula is C20H22BrClFN3O2. The van der Waals surface area contributed by atoms with Gasteiger partial charge >= 0.3 is 0 Å². The third kappa shape index (κ3) is 5.67. The van der Waals surface area contributed by atoms with Crippen molar-refractivity contribution in [1.82, 2.24) is 9.80 Å². The van der Waals surface area contributed by atoms with Crippen LogP contribution in [0.15, 0.2) is 40.9 Å². The van der Waals surface area contributed by atoms with E-state index in [0.29, 0.717) is 23.8 Å². The first-order valence-electron chi connectivity index (χ1n) is 8.96. The maximum absolute atomic E-state index is 13.8. The number of methoxy groups -OCH3 is 1. The number of carbonyl (C=O) groups is 1. The average molecular weight is 471 g/mol. The minimum Gasteiger partial charge on any atom is -0.494 e. The molecule has 1 amide bonds. The number of piperazine rings is 1. The number of hydrogen-bond acceptors (Lipinski definition) is 4. The van der Waals surface area contributed by atoms with Crippen molar-refractivity contribution in [3.63, 3.8) is 0 Å². The second-order valence-corrected chi connectivity index (χ2v) is 8.02. The predicted octanol–water partition coefficient (Wildman–Crippen LogP) is 4.01. The molecule has 150 valence electrons. The Morgan fingerprint density at radius 1 is 1.18 bits per heavy atom. The number of halogens is 3. The van der Waals surface area contributed by atoms with Gasteiger partial charge < -0.3 is 10.1 Å². The van der Waals surface area contributed by atoms with Crippen LogP contribution in [-0.4, -0.2) is 55.5 Å². The highest BCUT2D eigenvalue weighted by atomic mass is 79.9. The molecule has 1 heterocycles. The molecule has 1 saturated heterocycles. The highest BCUT2D eigenvalue weighted by Gasteiger charge is 2.20. The van der Waals surface area contributed by atoms with Gasteiger partial charge in [-0.15, -0.1) is 0 Å². The lowest BCUT2D eigenvalue weighted by atomic mass is 10.2. The van der Waals surface area contributed by atoms with E-state index in [2.05, 4.69) is 31.0 Å². The van der Waals surface area contributed by atoms with Crippen molar-refractivity contribution >= 4 is 39.1 Å². The Morgan fingerprint density at radius 2 is 1.89 bits per heavy atom. The van der Waals surface area contributed by atoms with Crippen LogP contribution in [0.25, 0.3) is 0 Å². The van der Waals surface area contributed by atoms with Gasteiger partial charge in [0.1, 0.15) is 0 Å². The Labute approximate surface area is 177 Å². The van der Waals surface area contributed by atoms with Crippen LogP contribution in [0.1, 0.15) is 5.56 Å². The third-order valence-corrected chi connectivity index (χ3v) is 5.47. The van der Waals surface area contributed by atoms with Crippen LogP contribution in [0.4, 0.5) is 10.1 Å². The van der Waals surface area contributed by atoms with Crippen LogP contribution in [0, 0.1) is 5.82 Å². The largest absolute Gasteiger partial charge is 0.494 e. The summed E-state index contributed by atoms with van der Waals surface area (Å²) < 4.78 is 19.6. The molecule has 1 fully saturated rings. The Balaban J connectivity index is 1.46. The van der Waals surface area contributed by atoms with Gasteiger partial charge in [-0.25, -0.2) is 4.39 Å². The normalized spacial score (nSPS) is 15.4. The first-order valence-corrected chi connectivity index (χ1v) is 10.1. The van der Waals surface area contributed by atoms with Gasteiger partial charge in [-0.3, -0.25) is 14.6 Å². The molecule has 0 atom stereocenters. The van der Waals surface area contributed by atoms with Gasteiger partial charge in [0.05, 0.1) is 24.4 Å². The second kappa shape index (κ2) is 9.69. The first kappa shape index (κ1) is 21.0. The van der Waals surface area contributed by atoms with Gasteiger partial charge in [0.15, 0.2) is 11.6 Å². The predicted molar refractivity (Wildman–Crippen MR) is 112 cm³/mol. The highest BCUT2D eigenvalue weighted by Crippen LogP contribution is 2.25. The monoisotopic (exact) mass is 469 g/mol. The van der Waals surface area contributed by atoms with Gasteiger partial charge in [-0.1, -0.05) is 33.6 Å². The molecule has 0 bridgehead atoms. The zero-order chi connectivity index (χ0) is 20.1. The van der Waals surface area contributed by atoms with E-state index >= 15 is 0 Å². The Hall–Kier alpha value is -1.67. The molecule has 0 aromatic heterocycles. The second-order valence-electron chi connectivity index (χ2n) is 6.69. The molecule has 3 rings (SSSR count). The summed E-state index contributed by atoms with van der Waals surface area (Å²) in [5, 5.41) is 3.35. The van der Waals surface area contributed by atoms with Crippen LogP contribution in [0.3, 0.4) is 0 Å². The maximum Gasteiger partial charge on any atom is 0.238 e. The minimum atomic E-state index is -0.345. The topological polar surface area (TPSA) is 44.8 Å². The molecule has 28 heavy (non-hydrogen) atoms. The van der Waals surface area contributed by atoms with Gasteiger partial charge in [-0.2, -0.15) is 0 Å². The first-order chi connectivity index (χ1) is 13.4. The molecule has 1 aliphatic heterocycles. The number of rotatable bonds is 6. The van der Waals surface area contributed by atoms with Crippen molar-refractivity contribution in [1.29, 1.82) is 0 Å². The number of anilines is 1. The lowest BCUT2D eigenvalue weighted by molar-refractivity contribution is -0.117. The molecule has 0 radical (unpaired) electrons. The van der Waals surface area contributed by atoms with E-state index in [4.69, 9.17) is 16.3 Å². The number of benzene rings is 2. The van der Waals surface area contributed by atoms with E-state index in [1.54, 1.807) is 18.2 Å². The smallest absolute Gasteiger partial charge is 0.238 e. The van der Waals surface area contributed by atoms with Crippen LogP contribution in [0.2, 0.25) is 5.02 Å². The zero-order valence-electron chi connectivity index (χ0n) is 15.6. The maximum atomic E-state index is 13.8. The number of amides is 1. The Morgan fingerprint density at radius 3 is 2.54 bits per heavy atom. The molecule has 5 nitrogen and oxygen atoms in total. The summed E-state index contributed by atoms with van der Waals surface area (Å²) in [6, 6.07) is 10.4. The molecule has 1 aliphatic rings. The van der Waals surface area contributed by atoms with Gasteiger partial charge in [0.2, 0.25) is 5.91 Å². The van der Waals surface area contributed by atoms with Gasteiger partial charge in [-0.05, 0) is 35.9 Å². The minimum absolute atomic E-state index is 0.0881. The zero-order valence-corrected chi connectivity index (χ0v) is 17.9. The average Bonchev–Trinajstić information content (AvgIpc) is 2.66. The van der Waals surface area contributed by atoms with Crippen LogP contribution >= 0.6 is 27.5 Å². The lowest BCUT2D eigenvalue weighted by Crippen LogP contribution is -2.48. The molecule has 8 heteroatoms. The molecule has 1 N–H and O–H groups in total. The summed E-state index contributed by atoms with van der Waals surface area (Å²) in [7, 11) is 1.46. The SMILES string of the molecule is COc1ccc(CN2CCN(CC(=O)Nc3ccc(Br)cc3Cl)CC2)cc1F. The van der Waals surface area contributed by atoms with E-state index in [1.807, 2.05) is 12.1 Å². The number of nitrogens with zero attached hydrogens (tertiary/aromatic N) is 2. The van der Waals surface area contributed by atoms with Crippen molar-refractivity contribution < 1.29 is 13.9 Å². The summed E-state index contributed by atoms with van der Waals surface area (Å²) in [6.45, 7) is 4.19. The highest BCUT2D eigenvalue weighted by molar-refractivity contribution is 9.10. The number of carbonyl (C=O) groups excluding carboxylic acids is 1. The fraction of sp³-hybridized carbons (Fsp3) is 0.350. The van der Waals surface area contributed by atoms with E-state index < -0.39 is 0 Å². The third-order valence-electron chi connectivity index (χ3n) is 4.66. The molecule has 0 aliphatic carbocycles. The van der Waals surface area contributed by atoms with E-state index in [9.17, 15) is 9.18 Å². The Kier molecular flexibility index (Phi) is 7.29. The summed E-state index contributed by atoms with van der Waals surface area (Å²) in [6.07, 6.45) is 0. The Bertz CT molecular complexity index is 844. The number of ether oxygens (including phenoxy) is 1. The molecule has 2 aromatic rings. The molecule has 0 unspecified atom stereocenters. The van der Waals surface area contributed by atoms with Crippen molar-refractivity contribution in [2.75, 3.05) is 45.2 Å². The van der Waals surface area contributed by atoms with Crippen molar-refractivity contribution in [2.45, 2.75) is 6.54 Å². The standard InChI is InChI=1S/C20H22BrClFN3O2/c1-28-19-5-2-14(10-17(19)23)12-25-6-8-26(9-7-25)13-20(27)24-18-4-3-15(21)11-16(18)22/h2-5,10-11H,6-9,12-13H2,1H3,(H,24,27).